The van der Waals surface area contributed by atoms with Crippen molar-refractivity contribution in [2.24, 2.45) is 5.16 Å². The lowest BCUT2D eigenvalue weighted by atomic mass is 10.5. The molecule has 0 aliphatic heterocycles. The second-order valence-electron chi connectivity index (χ2n) is 4.15. The Kier molecular flexibility index (Phi) is 5.44. The first-order chi connectivity index (χ1) is 7.38. The first-order valence-electron chi connectivity index (χ1n) is 4.92. The second-order valence-corrected chi connectivity index (χ2v) is 4.15. The largest absolute Gasteiger partial charge is 0.321 e. The van der Waals surface area contributed by atoms with E-state index in [0.717, 1.165) is 6.54 Å². The Hall–Kier alpha value is -1.63. The molecule has 1 atom stereocenters. The van der Waals surface area contributed by atoms with Gasteiger partial charge in [0.05, 0.1) is 20.6 Å². The summed E-state index contributed by atoms with van der Waals surface area (Å²) >= 11 is 0. The van der Waals surface area contributed by atoms with E-state index in [9.17, 15) is 0 Å². The lowest BCUT2D eigenvalue weighted by Crippen LogP contribution is -2.56. The molecule has 0 bridgehead atoms. The molecule has 6 heteroatoms. The number of nitrogens with zero attached hydrogens (tertiary/aromatic N) is 5. The number of nitriles is 2. The Balaban J connectivity index is 4.82. The maximum absolute atomic E-state index is 8.54. The molecule has 0 aromatic carbocycles. The Labute approximate surface area is 96.5 Å². The van der Waals surface area contributed by atoms with Crippen LogP contribution in [0.1, 0.15) is 6.92 Å². The summed E-state index contributed by atoms with van der Waals surface area (Å²) in [6.07, 6.45) is -0.332. The molecule has 16 heavy (non-hydrogen) atoms. The van der Waals surface area contributed by atoms with Crippen LogP contribution in [0.2, 0.25) is 0 Å². The molecule has 0 heterocycles. The van der Waals surface area contributed by atoms with Crippen molar-refractivity contribution in [3.05, 3.63) is 0 Å². The highest BCUT2D eigenvalue weighted by molar-refractivity contribution is 6.09. The monoisotopic (exact) mass is 224 g/mol. The Morgan fingerprint density at radius 1 is 1.38 bits per heavy atom. The number of quaternary nitrogens is 1. The summed E-state index contributed by atoms with van der Waals surface area (Å²) in [4.78, 5) is 7.09. The summed E-state index contributed by atoms with van der Waals surface area (Å²) in [6.45, 7) is 2.87. The van der Waals surface area contributed by atoms with E-state index in [1.165, 1.54) is 0 Å². The molecule has 0 amide bonds. The van der Waals surface area contributed by atoms with E-state index in [4.69, 9.17) is 15.4 Å². The smallest absolute Gasteiger partial charge is 0.320 e. The van der Waals surface area contributed by atoms with E-state index in [0.29, 0.717) is 4.48 Å². The van der Waals surface area contributed by atoms with Gasteiger partial charge in [-0.15, -0.1) is 0 Å². The Morgan fingerprint density at radius 2 is 1.88 bits per heavy atom. The van der Waals surface area contributed by atoms with Crippen LogP contribution in [0, 0.1) is 22.7 Å². The molecule has 0 N–H and O–H groups in total. The average Bonchev–Trinajstić information content (AvgIpc) is 2.23. The quantitative estimate of drug-likeness (QED) is 0.292. The maximum Gasteiger partial charge on any atom is 0.320 e. The highest BCUT2D eigenvalue weighted by Crippen LogP contribution is 2.10. The third kappa shape index (κ3) is 3.85. The summed E-state index contributed by atoms with van der Waals surface area (Å²) in [5, 5.41) is 20.6. The van der Waals surface area contributed by atoms with Gasteiger partial charge in [0.1, 0.15) is 12.1 Å². The molecule has 0 fully saturated rings. The normalized spacial score (nSPS) is 12.5. The van der Waals surface area contributed by atoms with Gasteiger partial charge in [0.2, 0.25) is 0 Å². The van der Waals surface area contributed by atoms with Crippen LogP contribution in [-0.4, -0.2) is 56.2 Å². The molecule has 6 nitrogen and oxygen atoms in total. The van der Waals surface area contributed by atoms with Gasteiger partial charge in [-0.2, -0.15) is 10.5 Å². The SMILES string of the molecule is CC[N+](C)(C)C(ON=C(C#N)C#N)N(C)C. The van der Waals surface area contributed by atoms with Gasteiger partial charge in [-0.25, -0.2) is 4.90 Å². The van der Waals surface area contributed by atoms with Gasteiger partial charge in [-0.05, 0) is 21.0 Å². The van der Waals surface area contributed by atoms with Crippen molar-refractivity contribution in [1.82, 2.24) is 4.90 Å². The predicted octanol–water partition coefficient (Wildman–Crippen LogP) is 0.348. The van der Waals surface area contributed by atoms with Crippen molar-refractivity contribution in [1.29, 1.82) is 10.5 Å². The molecular weight excluding hydrogens is 206 g/mol. The molecule has 0 saturated heterocycles. The van der Waals surface area contributed by atoms with Crippen LogP contribution in [-0.2, 0) is 4.84 Å². The van der Waals surface area contributed by atoms with Crippen molar-refractivity contribution in [3.63, 3.8) is 0 Å². The molecule has 0 saturated carbocycles. The van der Waals surface area contributed by atoms with Gasteiger partial charge in [-0.3, -0.25) is 4.48 Å². The van der Waals surface area contributed by atoms with Gasteiger partial charge in [0, 0.05) is 0 Å². The first-order valence-corrected chi connectivity index (χ1v) is 4.92. The zero-order valence-corrected chi connectivity index (χ0v) is 10.4. The van der Waals surface area contributed by atoms with Gasteiger partial charge < -0.3 is 4.84 Å². The van der Waals surface area contributed by atoms with Gasteiger partial charge in [-0.1, -0.05) is 5.16 Å². The highest BCUT2D eigenvalue weighted by atomic mass is 16.7. The second kappa shape index (κ2) is 6.06. The molecule has 0 aromatic heterocycles. The van der Waals surface area contributed by atoms with Crippen LogP contribution in [0.3, 0.4) is 0 Å². The van der Waals surface area contributed by atoms with Crippen molar-refractivity contribution in [2.45, 2.75) is 13.3 Å². The van der Waals surface area contributed by atoms with E-state index in [1.807, 2.05) is 40.0 Å². The van der Waals surface area contributed by atoms with Gasteiger partial charge in [0.25, 0.3) is 5.71 Å². The van der Waals surface area contributed by atoms with Crippen LogP contribution in [0.15, 0.2) is 5.16 Å². The van der Waals surface area contributed by atoms with Crippen LogP contribution >= 0.6 is 0 Å². The van der Waals surface area contributed by atoms with E-state index in [1.54, 1.807) is 12.1 Å². The van der Waals surface area contributed by atoms with Gasteiger partial charge in [0.15, 0.2) is 0 Å². The van der Waals surface area contributed by atoms with E-state index in [2.05, 4.69) is 5.16 Å². The minimum Gasteiger partial charge on any atom is -0.321 e. The molecule has 0 rings (SSSR count). The molecule has 0 radical (unpaired) electrons. The third-order valence-electron chi connectivity index (χ3n) is 2.30. The fourth-order valence-corrected chi connectivity index (χ4v) is 1.17. The molecule has 0 aliphatic rings. The number of hydrogen-bond donors (Lipinski definition) is 0. The van der Waals surface area contributed by atoms with Crippen molar-refractivity contribution >= 4 is 5.71 Å². The summed E-state index contributed by atoms with van der Waals surface area (Å²) < 4.78 is 0.556. The zero-order valence-electron chi connectivity index (χ0n) is 10.4. The molecule has 1 unspecified atom stereocenters. The molecule has 0 aromatic rings. The molecule has 88 valence electrons. The summed E-state index contributed by atoms with van der Waals surface area (Å²) in [5.41, 5.74) is -0.275. The summed E-state index contributed by atoms with van der Waals surface area (Å²) in [7, 11) is 7.68. The predicted molar refractivity (Wildman–Crippen MR) is 59.9 cm³/mol. The summed E-state index contributed by atoms with van der Waals surface area (Å²) in [6, 6.07) is 3.31. The standard InChI is InChI=1S/C10H18N5O/c1-6-15(4,5)10(14(2)3)16-13-9(7-11)8-12/h10H,6H2,1-5H3/q+1. The van der Waals surface area contributed by atoms with Crippen LogP contribution in [0.5, 0.6) is 0 Å². The Morgan fingerprint density at radius 3 is 2.19 bits per heavy atom. The van der Waals surface area contributed by atoms with Crippen LogP contribution < -0.4 is 0 Å². The molecular formula is C10H18N5O+. The number of oxime groups is 1. The van der Waals surface area contributed by atoms with Crippen molar-refractivity contribution in [3.8, 4) is 12.1 Å². The van der Waals surface area contributed by atoms with E-state index < -0.39 is 0 Å². The maximum atomic E-state index is 8.54. The Bertz CT molecular complexity index is 318. The van der Waals surface area contributed by atoms with E-state index >= 15 is 0 Å². The van der Waals surface area contributed by atoms with Gasteiger partial charge >= 0.3 is 6.35 Å². The lowest BCUT2D eigenvalue weighted by molar-refractivity contribution is -0.948. The highest BCUT2D eigenvalue weighted by Gasteiger charge is 2.30. The number of hydrogen-bond acceptors (Lipinski definition) is 5. The number of rotatable bonds is 5. The minimum absolute atomic E-state index is 0.275. The molecule has 0 spiro atoms. The summed E-state index contributed by atoms with van der Waals surface area (Å²) in [5.74, 6) is 0. The average molecular weight is 224 g/mol. The third-order valence-corrected chi connectivity index (χ3v) is 2.30. The topological polar surface area (TPSA) is 72.4 Å². The van der Waals surface area contributed by atoms with Crippen molar-refractivity contribution < 1.29 is 9.32 Å². The first kappa shape index (κ1) is 14.4. The zero-order chi connectivity index (χ0) is 12.8. The van der Waals surface area contributed by atoms with Crippen LogP contribution in [0.4, 0.5) is 0 Å². The lowest BCUT2D eigenvalue weighted by Gasteiger charge is -2.37. The fourth-order valence-electron chi connectivity index (χ4n) is 1.17. The van der Waals surface area contributed by atoms with Crippen molar-refractivity contribution in [2.75, 3.05) is 34.7 Å². The fraction of sp³-hybridized carbons (Fsp3) is 0.700. The minimum atomic E-state index is -0.332. The van der Waals surface area contributed by atoms with E-state index in [-0.39, 0.29) is 12.1 Å². The van der Waals surface area contributed by atoms with Crippen LogP contribution in [0.25, 0.3) is 0 Å². The molecule has 0 aliphatic carbocycles.